The lowest BCUT2D eigenvalue weighted by molar-refractivity contribution is 0.261. The second kappa shape index (κ2) is 5.07. The van der Waals surface area contributed by atoms with Crippen molar-refractivity contribution in [3.63, 3.8) is 0 Å². The number of amides is 2. The Morgan fingerprint density at radius 3 is 2.53 bits per heavy atom. The molecule has 2 amide bonds. The van der Waals surface area contributed by atoms with Crippen LogP contribution >= 0.6 is 0 Å². The third kappa shape index (κ3) is 3.01. The molecule has 0 bridgehead atoms. The summed E-state index contributed by atoms with van der Waals surface area (Å²) in [6.07, 6.45) is 1.49. The Bertz CT molecular complexity index is 477. The number of rotatable bonds is 3. The minimum absolute atomic E-state index is 0.356. The van der Waals surface area contributed by atoms with Gasteiger partial charge in [0.05, 0.1) is 13.4 Å². The summed E-state index contributed by atoms with van der Waals surface area (Å²) in [5.41, 5.74) is 0.676. The Hall–Kier alpha value is -2.43. The molecule has 0 saturated carbocycles. The largest absolute Gasteiger partial charge is 0.497 e. The zero-order valence-electron chi connectivity index (χ0n) is 9.27. The molecule has 0 saturated heterocycles. The van der Waals surface area contributed by atoms with Gasteiger partial charge in [0.25, 0.3) is 0 Å². The van der Waals surface area contributed by atoms with Crippen molar-refractivity contribution in [1.29, 1.82) is 0 Å². The number of nitrogens with one attached hydrogen (secondary N) is 2. The zero-order valence-corrected chi connectivity index (χ0v) is 9.27. The lowest BCUT2D eigenvalue weighted by Gasteiger charge is -2.06. The molecule has 0 radical (unpaired) electrons. The van der Waals surface area contributed by atoms with E-state index in [1.165, 1.54) is 6.26 Å². The quantitative estimate of drug-likeness (QED) is 0.855. The smallest absolute Gasteiger partial charge is 0.326 e. The van der Waals surface area contributed by atoms with Gasteiger partial charge in [-0.25, -0.2) is 4.79 Å². The van der Waals surface area contributed by atoms with Crippen molar-refractivity contribution in [2.75, 3.05) is 17.7 Å². The molecule has 0 atom stereocenters. The molecule has 88 valence electrons. The van der Waals surface area contributed by atoms with Crippen LogP contribution in [0.2, 0.25) is 0 Å². The van der Waals surface area contributed by atoms with Crippen LogP contribution in [0.5, 0.6) is 5.75 Å². The van der Waals surface area contributed by atoms with Crippen molar-refractivity contribution in [2.24, 2.45) is 0 Å². The number of ether oxygens (including phenoxy) is 1. The molecule has 1 heterocycles. The van der Waals surface area contributed by atoms with Gasteiger partial charge in [-0.05, 0) is 30.3 Å². The average Bonchev–Trinajstić information content (AvgIpc) is 2.82. The highest BCUT2D eigenvalue weighted by Crippen LogP contribution is 2.15. The summed E-state index contributed by atoms with van der Waals surface area (Å²) in [6, 6.07) is 10.0. The molecule has 0 unspecified atom stereocenters. The predicted octanol–water partition coefficient (Wildman–Crippen LogP) is 2.93. The summed E-state index contributed by atoms with van der Waals surface area (Å²) in [5.74, 6) is 1.14. The molecular weight excluding hydrogens is 220 g/mol. The minimum Gasteiger partial charge on any atom is -0.497 e. The van der Waals surface area contributed by atoms with Crippen LogP contribution in [0.25, 0.3) is 0 Å². The molecule has 5 nitrogen and oxygen atoms in total. The number of carbonyl (C=O) groups excluding carboxylic acids is 1. The van der Waals surface area contributed by atoms with E-state index in [0.717, 1.165) is 5.75 Å². The SMILES string of the molecule is COc1ccc(NC(=O)Nc2ccco2)cc1. The molecule has 2 N–H and O–H groups in total. The zero-order chi connectivity index (χ0) is 12.1. The van der Waals surface area contributed by atoms with Crippen LogP contribution in [0.3, 0.4) is 0 Å². The summed E-state index contributed by atoms with van der Waals surface area (Å²) in [7, 11) is 1.59. The van der Waals surface area contributed by atoms with Gasteiger partial charge in [0.2, 0.25) is 5.88 Å². The maximum Gasteiger partial charge on any atom is 0.326 e. The first-order valence-electron chi connectivity index (χ1n) is 5.03. The van der Waals surface area contributed by atoms with Gasteiger partial charge in [0.1, 0.15) is 5.75 Å². The first kappa shape index (κ1) is 11.1. The van der Waals surface area contributed by atoms with Crippen molar-refractivity contribution in [3.8, 4) is 5.75 Å². The van der Waals surface area contributed by atoms with E-state index in [0.29, 0.717) is 11.6 Å². The van der Waals surface area contributed by atoms with Crippen molar-refractivity contribution < 1.29 is 13.9 Å². The second-order valence-electron chi connectivity index (χ2n) is 3.28. The van der Waals surface area contributed by atoms with Crippen LogP contribution in [0, 0.1) is 0 Å². The Kier molecular flexibility index (Phi) is 3.30. The molecule has 5 heteroatoms. The van der Waals surface area contributed by atoms with E-state index in [1.807, 2.05) is 0 Å². The van der Waals surface area contributed by atoms with E-state index in [4.69, 9.17) is 9.15 Å². The third-order valence-electron chi connectivity index (χ3n) is 2.11. The van der Waals surface area contributed by atoms with Gasteiger partial charge in [-0.3, -0.25) is 5.32 Å². The molecule has 0 aliphatic carbocycles. The van der Waals surface area contributed by atoms with Gasteiger partial charge >= 0.3 is 6.03 Å². The van der Waals surface area contributed by atoms with Crippen molar-refractivity contribution >= 4 is 17.6 Å². The van der Waals surface area contributed by atoms with Crippen LogP contribution in [0.1, 0.15) is 0 Å². The molecule has 0 spiro atoms. The van der Waals surface area contributed by atoms with E-state index < -0.39 is 0 Å². The fourth-order valence-corrected chi connectivity index (χ4v) is 1.30. The number of carbonyl (C=O) groups is 1. The summed E-state index contributed by atoms with van der Waals surface area (Å²) < 4.78 is 10.0. The Morgan fingerprint density at radius 1 is 1.18 bits per heavy atom. The number of anilines is 2. The highest BCUT2D eigenvalue weighted by atomic mass is 16.5. The molecule has 0 fully saturated rings. The normalized spacial score (nSPS) is 9.71. The number of benzene rings is 1. The molecule has 2 rings (SSSR count). The van der Waals surface area contributed by atoms with Crippen molar-refractivity contribution in [1.82, 2.24) is 0 Å². The molecule has 2 aromatic rings. The van der Waals surface area contributed by atoms with Crippen LogP contribution in [0.15, 0.2) is 47.1 Å². The molecular formula is C12H12N2O3. The highest BCUT2D eigenvalue weighted by molar-refractivity contribution is 5.98. The molecule has 0 aliphatic rings. The lowest BCUT2D eigenvalue weighted by Crippen LogP contribution is -2.18. The lowest BCUT2D eigenvalue weighted by atomic mass is 10.3. The molecule has 1 aromatic heterocycles. The predicted molar refractivity (Wildman–Crippen MR) is 64.3 cm³/mol. The maximum absolute atomic E-state index is 11.5. The first-order valence-corrected chi connectivity index (χ1v) is 5.03. The van der Waals surface area contributed by atoms with Crippen LogP contribution in [-0.4, -0.2) is 13.1 Å². The molecule has 1 aromatic carbocycles. The third-order valence-corrected chi connectivity index (χ3v) is 2.11. The minimum atomic E-state index is -0.356. The summed E-state index contributed by atoms with van der Waals surface area (Å²) in [4.78, 5) is 11.5. The summed E-state index contributed by atoms with van der Waals surface area (Å²) in [5, 5.41) is 5.22. The maximum atomic E-state index is 11.5. The number of urea groups is 1. The van der Waals surface area contributed by atoms with Gasteiger partial charge in [-0.15, -0.1) is 0 Å². The number of hydrogen-bond acceptors (Lipinski definition) is 3. The fourth-order valence-electron chi connectivity index (χ4n) is 1.30. The van der Waals surface area contributed by atoms with Crippen LogP contribution in [-0.2, 0) is 0 Å². The molecule has 0 aliphatic heterocycles. The van der Waals surface area contributed by atoms with Gasteiger partial charge in [-0.1, -0.05) is 0 Å². The van der Waals surface area contributed by atoms with Gasteiger partial charge in [0, 0.05) is 11.8 Å². The summed E-state index contributed by atoms with van der Waals surface area (Å²) in [6.45, 7) is 0. The second-order valence-corrected chi connectivity index (χ2v) is 3.28. The van der Waals surface area contributed by atoms with Gasteiger partial charge in [-0.2, -0.15) is 0 Å². The monoisotopic (exact) mass is 232 g/mol. The number of methoxy groups -OCH3 is 1. The number of hydrogen-bond donors (Lipinski definition) is 2. The van der Waals surface area contributed by atoms with E-state index >= 15 is 0 Å². The van der Waals surface area contributed by atoms with E-state index in [-0.39, 0.29) is 6.03 Å². The standard InChI is InChI=1S/C12H12N2O3/c1-16-10-6-4-9(5-7-10)13-12(15)14-11-3-2-8-17-11/h2-8H,1H3,(H2,13,14,15). The average molecular weight is 232 g/mol. The van der Waals surface area contributed by atoms with E-state index in [9.17, 15) is 4.79 Å². The fraction of sp³-hybridized carbons (Fsp3) is 0.0833. The summed E-state index contributed by atoms with van der Waals surface area (Å²) >= 11 is 0. The highest BCUT2D eigenvalue weighted by Gasteiger charge is 2.03. The first-order chi connectivity index (χ1) is 8.28. The van der Waals surface area contributed by atoms with E-state index in [1.54, 1.807) is 43.5 Å². The topological polar surface area (TPSA) is 63.5 Å². The van der Waals surface area contributed by atoms with Crippen molar-refractivity contribution in [2.45, 2.75) is 0 Å². The Labute approximate surface area is 98.4 Å². The number of furan rings is 1. The van der Waals surface area contributed by atoms with Gasteiger partial charge < -0.3 is 14.5 Å². The van der Waals surface area contributed by atoms with E-state index in [2.05, 4.69) is 10.6 Å². The molecule has 17 heavy (non-hydrogen) atoms. The van der Waals surface area contributed by atoms with Crippen molar-refractivity contribution in [3.05, 3.63) is 42.7 Å². The van der Waals surface area contributed by atoms with Gasteiger partial charge in [0.15, 0.2) is 0 Å². The Morgan fingerprint density at radius 2 is 1.94 bits per heavy atom. The Balaban J connectivity index is 1.93. The van der Waals surface area contributed by atoms with Crippen LogP contribution in [0.4, 0.5) is 16.4 Å². The van der Waals surface area contributed by atoms with Crippen LogP contribution < -0.4 is 15.4 Å².